The van der Waals surface area contributed by atoms with Gasteiger partial charge in [-0.15, -0.1) is 34.2 Å². The van der Waals surface area contributed by atoms with Crippen LogP contribution in [0.15, 0.2) is 48.0 Å². The highest BCUT2D eigenvalue weighted by molar-refractivity contribution is 14.0. The average molecular weight is 484 g/mol. The maximum atomic E-state index is 4.37. The van der Waals surface area contributed by atoms with Crippen molar-refractivity contribution < 1.29 is 0 Å². The van der Waals surface area contributed by atoms with Gasteiger partial charge in [0.25, 0.3) is 0 Å². The number of benzene rings is 1. The van der Waals surface area contributed by atoms with Crippen molar-refractivity contribution in [2.75, 3.05) is 20.1 Å². The molecule has 0 bridgehead atoms. The van der Waals surface area contributed by atoms with Crippen LogP contribution in [0.2, 0.25) is 0 Å². The number of aryl methyl sites for hydroxylation is 1. The summed E-state index contributed by atoms with van der Waals surface area (Å²) < 4.78 is 2.00. The van der Waals surface area contributed by atoms with Gasteiger partial charge in [-0.1, -0.05) is 44.2 Å². The van der Waals surface area contributed by atoms with Crippen LogP contribution >= 0.6 is 24.0 Å². The molecule has 0 aliphatic heterocycles. The molecule has 1 heterocycles. The van der Waals surface area contributed by atoms with E-state index < -0.39 is 0 Å². The standard InChI is InChI=1S/C20H32N6.HI/c1-4-20(5-2,18-11-7-6-8-12-18)15-23-19(21-3)22-13-9-10-14-26-16-24-25-17-26;/h6-8,11-12,16-17H,4-5,9-10,13-15H2,1-3H3,(H2,21,22,23);1H. The number of unbranched alkanes of at least 4 members (excludes halogenated alkanes) is 1. The van der Waals surface area contributed by atoms with Crippen molar-refractivity contribution in [2.45, 2.75) is 51.5 Å². The number of hydrogen-bond acceptors (Lipinski definition) is 3. The number of nitrogens with zero attached hydrogens (tertiary/aromatic N) is 4. The largest absolute Gasteiger partial charge is 0.356 e. The lowest BCUT2D eigenvalue weighted by Crippen LogP contribution is -2.45. The number of guanidine groups is 1. The minimum absolute atomic E-state index is 0. The van der Waals surface area contributed by atoms with Crippen LogP contribution in [0.1, 0.15) is 45.1 Å². The minimum atomic E-state index is 0. The van der Waals surface area contributed by atoms with E-state index in [4.69, 9.17) is 0 Å². The summed E-state index contributed by atoms with van der Waals surface area (Å²) in [6, 6.07) is 10.8. The molecule has 0 radical (unpaired) electrons. The summed E-state index contributed by atoms with van der Waals surface area (Å²) in [6.45, 7) is 7.25. The van der Waals surface area contributed by atoms with Crippen molar-refractivity contribution in [2.24, 2.45) is 4.99 Å². The lowest BCUT2D eigenvalue weighted by Gasteiger charge is -2.33. The highest BCUT2D eigenvalue weighted by atomic mass is 127. The molecular formula is C20H33IN6. The maximum Gasteiger partial charge on any atom is 0.191 e. The molecule has 6 nitrogen and oxygen atoms in total. The fourth-order valence-corrected chi connectivity index (χ4v) is 3.24. The van der Waals surface area contributed by atoms with Gasteiger partial charge in [0.2, 0.25) is 0 Å². The third kappa shape index (κ3) is 7.12. The molecule has 0 atom stereocenters. The van der Waals surface area contributed by atoms with Crippen LogP contribution < -0.4 is 10.6 Å². The van der Waals surface area contributed by atoms with Crippen LogP contribution in [-0.4, -0.2) is 40.9 Å². The predicted molar refractivity (Wildman–Crippen MR) is 123 cm³/mol. The smallest absolute Gasteiger partial charge is 0.191 e. The molecule has 27 heavy (non-hydrogen) atoms. The van der Waals surface area contributed by atoms with E-state index >= 15 is 0 Å². The van der Waals surface area contributed by atoms with Crippen molar-refractivity contribution in [3.05, 3.63) is 48.5 Å². The van der Waals surface area contributed by atoms with E-state index in [1.54, 1.807) is 12.7 Å². The normalized spacial score (nSPS) is 11.7. The van der Waals surface area contributed by atoms with Gasteiger partial charge < -0.3 is 15.2 Å². The highest BCUT2D eigenvalue weighted by Gasteiger charge is 2.28. The van der Waals surface area contributed by atoms with Gasteiger partial charge >= 0.3 is 0 Å². The number of aliphatic imine (C=N–C) groups is 1. The number of halogens is 1. The lowest BCUT2D eigenvalue weighted by atomic mass is 9.76. The zero-order valence-corrected chi connectivity index (χ0v) is 19.0. The van der Waals surface area contributed by atoms with Crippen molar-refractivity contribution >= 4 is 29.9 Å². The second kappa shape index (κ2) is 12.7. The monoisotopic (exact) mass is 484 g/mol. The van der Waals surface area contributed by atoms with Gasteiger partial charge in [-0.2, -0.15) is 0 Å². The Hall–Kier alpha value is -1.64. The molecule has 0 amide bonds. The number of rotatable bonds is 10. The molecule has 0 aliphatic carbocycles. The molecule has 1 aromatic carbocycles. The third-order valence-corrected chi connectivity index (χ3v) is 5.16. The quantitative estimate of drug-likeness (QED) is 0.234. The molecule has 7 heteroatoms. The zero-order chi connectivity index (χ0) is 18.7. The second-order valence-corrected chi connectivity index (χ2v) is 6.61. The summed E-state index contributed by atoms with van der Waals surface area (Å²) in [7, 11) is 1.83. The molecular weight excluding hydrogens is 451 g/mol. The summed E-state index contributed by atoms with van der Waals surface area (Å²) >= 11 is 0. The Labute approximate surface area is 180 Å². The van der Waals surface area contributed by atoms with E-state index in [2.05, 4.69) is 70.0 Å². The Morgan fingerprint density at radius 2 is 1.70 bits per heavy atom. The first kappa shape index (κ1) is 23.4. The Bertz CT molecular complexity index is 638. The second-order valence-electron chi connectivity index (χ2n) is 6.61. The number of hydrogen-bond donors (Lipinski definition) is 2. The summed E-state index contributed by atoms with van der Waals surface area (Å²) in [5.74, 6) is 0.872. The Balaban J connectivity index is 0.00000364. The highest BCUT2D eigenvalue weighted by Crippen LogP contribution is 2.30. The van der Waals surface area contributed by atoms with E-state index in [9.17, 15) is 0 Å². The first-order valence-electron chi connectivity index (χ1n) is 9.56. The SMILES string of the molecule is CCC(CC)(CNC(=NC)NCCCCn1cnnc1)c1ccccc1.I. The summed E-state index contributed by atoms with van der Waals surface area (Å²) in [5, 5.41) is 14.6. The van der Waals surface area contributed by atoms with E-state index in [0.717, 1.165) is 51.3 Å². The predicted octanol–water partition coefficient (Wildman–Crippen LogP) is 3.60. The molecule has 0 aliphatic rings. The van der Waals surface area contributed by atoms with Gasteiger partial charge in [-0.25, -0.2) is 0 Å². The number of aromatic nitrogens is 3. The molecule has 1 aromatic heterocycles. The average Bonchev–Trinajstić information content (AvgIpc) is 3.21. The summed E-state index contributed by atoms with van der Waals surface area (Å²) in [6.07, 6.45) is 7.86. The Morgan fingerprint density at radius 3 is 2.30 bits per heavy atom. The molecule has 150 valence electrons. The fourth-order valence-electron chi connectivity index (χ4n) is 3.24. The van der Waals surface area contributed by atoms with Crippen LogP contribution in [0.4, 0.5) is 0 Å². The minimum Gasteiger partial charge on any atom is -0.356 e. The Morgan fingerprint density at radius 1 is 1.04 bits per heavy atom. The van der Waals surface area contributed by atoms with Gasteiger partial charge in [-0.05, 0) is 31.2 Å². The van der Waals surface area contributed by atoms with E-state index in [1.165, 1.54) is 5.56 Å². The van der Waals surface area contributed by atoms with E-state index in [0.29, 0.717) is 0 Å². The number of nitrogens with one attached hydrogen (secondary N) is 2. The van der Waals surface area contributed by atoms with Gasteiger partial charge in [0.1, 0.15) is 12.7 Å². The first-order chi connectivity index (χ1) is 12.7. The van der Waals surface area contributed by atoms with Crippen molar-refractivity contribution in [1.29, 1.82) is 0 Å². The van der Waals surface area contributed by atoms with Crippen LogP contribution in [-0.2, 0) is 12.0 Å². The van der Waals surface area contributed by atoms with E-state index in [1.807, 2.05) is 11.6 Å². The molecule has 2 aromatic rings. The third-order valence-electron chi connectivity index (χ3n) is 5.16. The molecule has 0 unspecified atom stereocenters. The fraction of sp³-hybridized carbons (Fsp3) is 0.550. The van der Waals surface area contributed by atoms with Crippen molar-refractivity contribution in [1.82, 2.24) is 25.4 Å². The molecule has 0 spiro atoms. The van der Waals surface area contributed by atoms with Crippen LogP contribution in [0.25, 0.3) is 0 Å². The van der Waals surface area contributed by atoms with E-state index in [-0.39, 0.29) is 29.4 Å². The summed E-state index contributed by atoms with van der Waals surface area (Å²) in [4.78, 5) is 4.37. The topological polar surface area (TPSA) is 67.1 Å². The molecule has 0 saturated heterocycles. The zero-order valence-electron chi connectivity index (χ0n) is 16.7. The van der Waals surface area contributed by atoms with Crippen LogP contribution in [0.3, 0.4) is 0 Å². The van der Waals surface area contributed by atoms with Crippen molar-refractivity contribution in [3.8, 4) is 0 Å². The van der Waals surface area contributed by atoms with Crippen LogP contribution in [0, 0.1) is 0 Å². The van der Waals surface area contributed by atoms with Crippen LogP contribution in [0.5, 0.6) is 0 Å². The maximum absolute atomic E-state index is 4.37. The van der Waals surface area contributed by atoms with Gasteiger partial charge in [0.05, 0.1) is 0 Å². The van der Waals surface area contributed by atoms with Gasteiger partial charge in [-0.3, -0.25) is 4.99 Å². The lowest BCUT2D eigenvalue weighted by molar-refractivity contribution is 0.389. The van der Waals surface area contributed by atoms with Gasteiger partial charge in [0, 0.05) is 32.1 Å². The molecule has 0 saturated carbocycles. The first-order valence-corrected chi connectivity index (χ1v) is 9.56. The molecule has 2 N–H and O–H groups in total. The van der Waals surface area contributed by atoms with Crippen molar-refractivity contribution in [3.63, 3.8) is 0 Å². The summed E-state index contributed by atoms with van der Waals surface area (Å²) in [5.41, 5.74) is 1.52. The molecule has 2 rings (SSSR count). The van der Waals surface area contributed by atoms with Gasteiger partial charge in [0.15, 0.2) is 5.96 Å². The Kier molecular flexibility index (Phi) is 11.0. The molecule has 0 fully saturated rings.